The number of carbonyl (C=O) groups excluding carboxylic acids is 1. The van der Waals surface area contributed by atoms with E-state index in [4.69, 9.17) is 10.5 Å². The van der Waals surface area contributed by atoms with E-state index in [-0.39, 0.29) is 28.6 Å². The maximum absolute atomic E-state index is 12.5. The van der Waals surface area contributed by atoms with Gasteiger partial charge in [-0.05, 0) is 30.3 Å². The number of nitrogens with zero attached hydrogens (tertiary/aromatic N) is 1. The van der Waals surface area contributed by atoms with Crippen molar-refractivity contribution in [3.8, 4) is 5.75 Å². The highest BCUT2D eigenvalue weighted by atomic mass is 32.2. The molecule has 0 radical (unpaired) electrons. The molecule has 0 atom stereocenters. The van der Waals surface area contributed by atoms with Crippen molar-refractivity contribution in [2.75, 3.05) is 22.4 Å². The maximum atomic E-state index is 12.5. The van der Waals surface area contributed by atoms with Crippen molar-refractivity contribution in [1.82, 2.24) is 0 Å². The molecule has 10 nitrogen and oxygen atoms in total. The van der Waals surface area contributed by atoms with Crippen molar-refractivity contribution in [2.24, 2.45) is 0 Å². The molecule has 0 aliphatic carbocycles. The molecule has 2 aromatic carbocycles. The van der Waals surface area contributed by atoms with Crippen LogP contribution in [0.2, 0.25) is 0 Å². The van der Waals surface area contributed by atoms with Crippen molar-refractivity contribution >= 4 is 38.7 Å². The molecule has 1 aliphatic heterocycles. The van der Waals surface area contributed by atoms with Gasteiger partial charge in [0.15, 0.2) is 6.61 Å². The third-order valence-electron chi connectivity index (χ3n) is 3.37. The minimum Gasteiger partial charge on any atom is -0.482 e. The molecule has 1 heterocycles. The van der Waals surface area contributed by atoms with E-state index in [1.54, 1.807) is 0 Å². The lowest BCUT2D eigenvalue weighted by atomic mass is 10.2. The van der Waals surface area contributed by atoms with Gasteiger partial charge in [0.05, 0.1) is 21.2 Å². The number of ether oxygens (including phenoxy) is 1. The molecule has 11 heteroatoms. The van der Waals surface area contributed by atoms with Crippen molar-refractivity contribution < 1.29 is 22.9 Å². The second-order valence-corrected chi connectivity index (χ2v) is 6.81. The first kappa shape index (κ1) is 16.5. The van der Waals surface area contributed by atoms with Crippen LogP contribution in [0.25, 0.3) is 0 Å². The van der Waals surface area contributed by atoms with Crippen LogP contribution >= 0.6 is 0 Å². The van der Waals surface area contributed by atoms with Crippen molar-refractivity contribution in [3.63, 3.8) is 0 Å². The van der Waals surface area contributed by atoms with Gasteiger partial charge in [-0.2, -0.15) is 0 Å². The van der Waals surface area contributed by atoms with Gasteiger partial charge in [0.25, 0.3) is 21.6 Å². The highest BCUT2D eigenvalue weighted by Crippen LogP contribution is 2.31. The second kappa shape index (κ2) is 5.94. The molecule has 2 aromatic rings. The number of benzene rings is 2. The second-order valence-electron chi connectivity index (χ2n) is 5.13. The third-order valence-corrected chi connectivity index (χ3v) is 4.75. The lowest BCUT2D eigenvalue weighted by Crippen LogP contribution is -2.25. The van der Waals surface area contributed by atoms with Crippen LogP contribution in [0, 0.1) is 10.1 Å². The Labute approximate surface area is 141 Å². The van der Waals surface area contributed by atoms with Crippen molar-refractivity contribution in [1.29, 1.82) is 0 Å². The number of amides is 1. The molecule has 0 saturated carbocycles. The smallest absolute Gasteiger partial charge is 0.294 e. The molecule has 0 aromatic heterocycles. The van der Waals surface area contributed by atoms with E-state index in [0.29, 0.717) is 5.75 Å². The van der Waals surface area contributed by atoms with Gasteiger partial charge in [0.2, 0.25) is 0 Å². The fraction of sp³-hybridized carbons (Fsp3) is 0.0714. The quantitative estimate of drug-likeness (QED) is 0.420. The van der Waals surface area contributed by atoms with E-state index in [2.05, 4.69) is 10.0 Å². The highest BCUT2D eigenvalue weighted by molar-refractivity contribution is 7.92. The molecule has 0 fully saturated rings. The molecule has 1 aliphatic rings. The maximum Gasteiger partial charge on any atom is 0.294 e. The molecule has 0 bridgehead atoms. The predicted molar refractivity (Wildman–Crippen MR) is 88.9 cm³/mol. The van der Waals surface area contributed by atoms with Crippen molar-refractivity contribution in [2.45, 2.75) is 4.90 Å². The summed E-state index contributed by atoms with van der Waals surface area (Å²) in [6.45, 7) is -0.146. The molecule has 0 saturated heterocycles. The molecule has 1 amide bonds. The Kier molecular flexibility index (Phi) is 3.93. The van der Waals surface area contributed by atoms with Crippen LogP contribution in [0.15, 0.2) is 41.3 Å². The van der Waals surface area contributed by atoms with Crippen LogP contribution in [0.4, 0.5) is 22.7 Å². The van der Waals surface area contributed by atoms with Gasteiger partial charge in [0, 0.05) is 6.07 Å². The lowest BCUT2D eigenvalue weighted by molar-refractivity contribution is -0.383. The van der Waals surface area contributed by atoms with Gasteiger partial charge in [-0.25, -0.2) is 8.42 Å². The van der Waals surface area contributed by atoms with Crippen LogP contribution in [-0.4, -0.2) is 25.9 Å². The van der Waals surface area contributed by atoms with Crippen LogP contribution in [0.5, 0.6) is 5.75 Å². The number of nitrogen functional groups attached to an aromatic ring is 1. The van der Waals surface area contributed by atoms with Crippen LogP contribution < -0.4 is 20.5 Å². The normalized spacial score (nSPS) is 13.4. The van der Waals surface area contributed by atoms with Crippen LogP contribution in [0.3, 0.4) is 0 Å². The van der Waals surface area contributed by atoms with Gasteiger partial charge in [-0.1, -0.05) is 0 Å². The molecule has 25 heavy (non-hydrogen) atoms. The molecular weight excluding hydrogens is 352 g/mol. The Morgan fingerprint density at radius 1 is 1.24 bits per heavy atom. The number of fused-ring (bicyclic) bond motifs is 1. The summed E-state index contributed by atoms with van der Waals surface area (Å²) in [5.41, 5.74) is 5.20. The van der Waals surface area contributed by atoms with Gasteiger partial charge >= 0.3 is 0 Å². The number of hydrogen-bond acceptors (Lipinski definition) is 7. The Balaban J connectivity index is 1.93. The van der Waals surface area contributed by atoms with Crippen LogP contribution in [-0.2, 0) is 14.8 Å². The van der Waals surface area contributed by atoms with Gasteiger partial charge < -0.3 is 15.8 Å². The Morgan fingerprint density at radius 3 is 2.72 bits per heavy atom. The number of rotatable bonds is 4. The topological polar surface area (TPSA) is 154 Å². The number of sulfonamides is 1. The summed E-state index contributed by atoms with van der Waals surface area (Å²) in [5, 5.41) is 13.4. The largest absolute Gasteiger partial charge is 0.482 e. The van der Waals surface area contributed by atoms with Gasteiger partial charge in [-0.3, -0.25) is 19.6 Å². The minimum atomic E-state index is -4.04. The van der Waals surface area contributed by atoms with E-state index in [1.807, 2.05) is 0 Å². The van der Waals surface area contributed by atoms with E-state index in [9.17, 15) is 23.3 Å². The summed E-state index contributed by atoms with van der Waals surface area (Å²) in [7, 11) is -4.04. The van der Waals surface area contributed by atoms with E-state index < -0.39 is 26.5 Å². The lowest BCUT2D eigenvalue weighted by Gasteiger charge is -2.18. The Bertz CT molecular complexity index is 989. The third kappa shape index (κ3) is 3.30. The van der Waals surface area contributed by atoms with E-state index >= 15 is 0 Å². The summed E-state index contributed by atoms with van der Waals surface area (Å²) in [6, 6.07) is 7.51. The highest BCUT2D eigenvalue weighted by Gasteiger charge is 2.22. The first-order valence-electron chi connectivity index (χ1n) is 6.90. The summed E-state index contributed by atoms with van der Waals surface area (Å²) in [5.74, 6) is -0.0501. The first-order chi connectivity index (χ1) is 11.8. The monoisotopic (exact) mass is 364 g/mol. The SMILES string of the molecule is Nc1ccc(NS(=O)(=O)c2ccc3c(c2)NC(=O)CO3)cc1[N+](=O)[O-]. The fourth-order valence-electron chi connectivity index (χ4n) is 2.21. The Morgan fingerprint density at radius 2 is 2.00 bits per heavy atom. The number of anilines is 3. The molecule has 130 valence electrons. The molecule has 0 spiro atoms. The molecular formula is C14H12N4O6S. The Hall–Kier alpha value is -3.34. The molecule has 3 rings (SSSR count). The predicted octanol–water partition coefficient (Wildman–Crippen LogP) is 1.31. The van der Waals surface area contributed by atoms with Gasteiger partial charge in [-0.15, -0.1) is 0 Å². The molecule has 4 N–H and O–H groups in total. The van der Waals surface area contributed by atoms with E-state index in [0.717, 1.165) is 6.07 Å². The average Bonchev–Trinajstić information content (AvgIpc) is 2.55. The van der Waals surface area contributed by atoms with Crippen molar-refractivity contribution in [3.05, 3.63) is 46.5 Å². The summed E-state index contributed by atoms with van der Waals surface area (Å²) < 4.78 is 32.3. The van der Waals surface area contributed by atoms with E-state index in [1.165, 1.54) is 30.3 Å². The zero-order chi connectivity index (χ0) is 18.2. The number of nitro benzene ring substituents is 1. The van der Waals surface area contributed by atoms with Crippen LogP contribution in [0.1, 0.15) is 0 Å². The zero-order valence-electron chi connectivity index (χ0n) is 12.6. The summed E-state index contributed by atoms with van der Waals surface area (Å²) in [4.78, 5) is 21.4. The summed E-state index contributed by atoms with van der Waals surface area (Å²) >= 11 is 0. The number of hydrogen-bond donors (Lipinski definition) is 3. The number of nitrogens with two attached hydrogens (primary N) is 1. The number of nitro groups is 1. The number of carbonyl (C=O) groups is 1. The first-order valence-corrected chi connectivity index (χ1v) is 8.38. The number of nitrogens with one attached hydrogen (secondary N) is 2. The minimum absolute atomic E-state index is 0.0149. The zero-order valence-corrected chi connectivity index (χ0v) is 13.4. The standard InChI is InChI=1S/C14H12N4O6S/c15-10-3-1-8(5-12(10)18(20)21)17-25(22,23)9-2-4-13-11(6-9)16-14(19)7-24-13/h1-6,17H,7,15H2,(H,16,19). The van der Waals surface area contributed by atoms with Gasteiger partial charge in [0.1, 0.15) is 11.4 Å². The fourth-order valence-corrected chi connectivity index (χ4v) is 3.28. The average molecular weight is 364 g/mol. The summed E-state index contributed by atoms with van der Waals surface area (Å²) in [6.07, 6.45) is 0. The molecule has 0 unspecified atom stereocenters.